The molecule has 1 aliphatic heterocycles. The van der Waals surface area contributed by atoms with Gasteiger partial charge in [-0.05, 0) is 69.8 Å². The number of benzene rings is 2. The second-order valence-corrected chi connectivity index (χ2v) is 11.6. The van der Waals surface area contributed by atoms with Gasteiger partial charge in [-0.25, -0.2) is 13.4 Å². The van der Waals surface area contributed by atoms with Gasteiger partial charge in [0.15, 0.2) is 5.13 Å². The van der Waals surface area contributed by atoms with Gasteiger partial charge in [-0.15, -0.1) is 0 Å². The van der Waals surface area contributed by atoms with Gasteiger partial charge in [0.05, 0.1) is 16.7 Å². The summed E-state index contributed by atoms with van der Waals surface area (Å²) >= 11 is 1.45. The van der Waals surface area contributed by atoms with E-state index >= 15 is 0 Å². The summed E-state index contributed by atoms with van der Waals surface area (Å²) in [6.45, 7) is 4.19. The number of fused-ring (bicyclic) bond motifs is 1. The Morgan fingerprint density at radius 1 is 1.09 bits per heavy atom. The van der Waals surface area contributed by atoms with E-state index in [4.69, 9.17) is 9.72 Å². The number of likely N-dealkylation sites (N-methyl/N-ethyl adjacent to an activating group) is 1. The molecule has 34 heavy (non-hydrogen) atoms. The summed E-state index contributed by atoms with van der Waals surface area (Å²) in [6, 6.07) is 10.1. The van der Waals surface area contributed by atoms with E-state index in [2.05, 4.69) is 0 Å². The molecule has 182 valence electrons. The van der Waals surface area contributed by atoms with Gasteiger partial charge < -0.3 is 9.64 Å². The van der Waals surface area contributed by atoms with Crippen LogP contribution in [-0.2, 0) is 10.0 Å². The maximum Gasteiger partial charge on any atom is 0.260 e. The first-order valence-electron chi connectivity index (χ1n) is 11.2. The fourth-order valence-corrected chi connectivity index (χ4v) is 6.56. The van der Waals surface area contributed by atoms with Gasteiger partial charge in [-0.2, -0.15) is 4.31 Å². The lowest BCUT2D eigenvalue weighted by Gasteiger charge is -2.22. The summed E-state index contributed by atoms with van der Waals surface area (Å²) in [4.78, 5) is 22.2. The molecule has 3 aromatic rings. The highest BCUT2D eigenvalue weighted by atomic mass is 32.2. The summed E-state index contributed by atoms with van der Waals surface area (Å²) in [5.41, 5.74) is 2.22. The number of carbonyl (C=O) groups excluding carboxylic acids is 1. The van der Waals surface area contributed by atoms with Gasteiger partial charge >= 0.3 is 0 Å². The van der Waals surface area contributed by atoms with Crippen molar-refractivity contribution < 1.29 is 17.9 Å². The third kappa shape index (κ3) is 4.81. The number of rotatable bonds is 8. The van der Waals surface area contributed by atoms with Crippen LogP contribution in [0.4, 0.5) is 5.13 Å². The summed E-state index contributed by atoms with van der Waals surface area (Å²) < 4.78 is 33.6. The molecule has 1 saturated heterocycles. The highest BCUT2D eigenvalue weighted by Gasteiger charge is 2.28. The number of nitrogens with zero attached hydrogens (tertiary/aromatic N) is 4. The van der Waals surface area contributed by atoms with Crippen molar-refractivity contribution >= 4 is 42.6 Å². The maximum absolute atomic E-state index is 13.6. The van der Waals surface area contributed by atoms with Crippen LogP contribution in [0.15, 0.2) is 41.3 Å². The van der Waals surface area contributed by atoms with Crippen LogP contribution in [0.1, 0.15) is 28.8 Å². The van der Waals surface area contributed by atoms with E-state index in [1.807, 2.05) is 38.1 Å². The number of amides is 1. The molecule has 1 aromatic heterocycles. The first-order chi connectivity index (χ1) is 16.2. The Kier molecular flexibility index (Phi) is 7.22. The van der Waals surface area contributed by atoms with E-state index in [9.17, 15) is 13.2 Å². The first-order valence-corrected chi connectivity index (χ1v) is 13.5. The minimum absolute atomic E-state index is 0.214. The molecule has 2 aromatic carbocycles. The average molecular weight is 503 g/mol. The number of ether oxygens (including phenoxy) is 1. The fourth-order valence-electron chi connectivity index (χ4n) is 3.97. The molecule has 1 aliphatic rings. The molecule has 0 saturated carbocycles. The molecule has 0 atom stereocenters. The Morgan fingerprint density at radius 3 is 2.38 bits per heavy atom. The standard InChI is InChI=1S/C24H30N4O4S2/c1-17-7-12-20(32-4)21-22(17)33-24(25-21)28(16-15-26(2)3)23(29)18-8-10-19(11-9-18)34(30,31)27-13-5-6-14-27/h7-12H,5-6,13-16H2,1-4H3. The van der Waals surface area contributed by atoms with Gasteiger partial charge in [-0.1, -0.05) is 17.4 Å². The van der Waals surface area contributed by atoms with E-state index in [-0.39, 0.29) is 10.8 Å². The molecular formula is C24H30N4O4S2. The third-order valence-corrected chi connectivity index (χ3v) is 9.09. The molecular weight excluding hydrogens is 472 g/mol. The number of anilines is 1. The Labute approximate surface area is 204 Å². The second kappa shape index (κ2) is 9.99. The minimum Gasteiger partial charge on any atom is -0.494 e. The molecule has 4 rings (SSSR count). The molecule has 10 heteroatoms. The van der Waals surface area contributed by atoms with Crippen molar-refractivity contribution in [1.29, 1.82) is 0 Å². The SMILES string of the molecule is COc1ccc(C)c2sc(N(CCN(C)C)C(=O)c3ccc(S(=O)(=O)N4CCCC4)cc3)nc12. The molecule has 8 nitrogen and oxygen atoms in total. The van der Waals surface area contributed by atoms with Crippen LogP contribution in [0, 0.1) is 6.92 Å². The molecule has 0 radical (unpaired) electrons. The number of thiazole rings is 1. The second-order valence-electron chi connectivity index (χ2n) is 8.65. The Bertz CT molecular complexity index is 1280. The van der Waals surface area contributed by atoms with Crippen LogP contribution >= 0.6 is 11.3 Å². The third-order valence-electron chi connectivity index (χ3n) is 5.96. The number of hydrogen-bond donors (Lipinski definition) is 0. The van der Waals surface area contributed by atoms with Crippen LogP contribution in [0.3, 0.4) is 0 Å². The zero-order valence-corrected chi connectivity index (χ0v) is 21.6. The first kappa shape index (κ1) is 24.6. The number of sulfonamides is 1. The lowest BCUT2D eigenvalue weighted by atomic mass is 10.2. The minimum atomic E-state index is -3.53. The topological polar surface area (TPSA) is 83.0 Å². The van der Waals surface area contributed by atoms with Crippen LogP contribution in [0.25, 0.3) is 10.2 Å². The van der Waals surface area contributed by atoms with Crippen LogP contribution in [-0.4, -0.2) is 75.9 Å². The van der Waals surface area contributed by atoms with Crippen LogP contribution in [0.5, 0.6) is 5.75 Å². The summed E-state index contributed by atoms with van der Waals surface area (Å²) in [5, 5.41) is 0.586. The normalized spacial score (nSPS) is 14.7. The van der Waals surface area contributed by atoms with Crippen molar-refractivity contribution in [2.24, 2.45) is 0 Å². The maximum atomic E-state index is 13.6. The monoisotopic (exact) mass is 502 g/mol. The zero-order valence-electron chi connectivity index (χ0n) is 19.9. The quantitative estimate of drug-likeness (QED) is 0.468. The van der Waals surface area contributed by atoms with Crippen molar-refractivity contribution in [1.82, 2.24) is 14.2 Å². The van der Waals surface area contributed by atoms with Crippen LogP contribution < -0.4 is 9.64 Å². The number of methoxy groups -OCH3 is 1. The van der Waals surface area contributed by atoms with E-state index in [0.29, 0.717) is 42.6 Å². The van der Waals surface area contributed by atoms with Gasteiger partial charge in [0.2, 0.25) is 10.0 Å². The summed E-state index contributed by atoms with van der Waals surface area (Å²) in [5.74, 6) is 0.447. The van der Waals surface area contributed by atoms with Crippen molar-refractivity contribution in [2.45, 2.75) is 24.7 Å². The Hall–Kier alpha value is -2.53. The number of aromatic nitrogens is 1. The van der Waals surface area contributed by atoms with Crippen molar-refractivity contribution in [2.75, 3.05) is 52.3 Å². The van der Waals surface area contributed by atoms with Gasteiger partial charge in [0.25, 0.3) is 5.91 Å². The molecule has 0 N–H and O–H groups in total. The lowest BCUT2D eigenvalue weighted by molar-refractivity contribution is 0.0985. The highest BCUT2D eigenvalue weighted by Crippen LogP contribution is 2.37. The van der Waals surface area contributed by atoms with E-state index in [0.717, 1.165) is 28.6 Å². The van der Waals surface area contributed by atoms with E-state index < -0.39 is 10.0 Å². The van der Waals surface area contributed by atoms with Gasteiger partial charge in [-0.3, -0.25) is 9.69 Å². The predicted octanol–water partition coefficient (Wildman–Crippen LogP) is 3.61. The van der Waals surface area contributed by atoms with E-state index in [1.54, 1.807) is 24.1 Å². The number of carbonyl (C=O) groups is 1. The van der Waals surface area contributed by atoms with Crippen LogP contribution in [0.2, 0.25) is 0 Å². The van der Waals surface area contributed by atoms with Crippen molar-refractivity contribution in [3.8, 4) is 5.75 Å². The predicted molar refractivity (Wildman–Crippen MR) is 136 cm³/mol. The fraction of sp³-hybridized carbons (Fsp3) is 0.417. The largest absolute Gasteiger partial charge is 0.494 e. The summed E-state index contributed by atoms with van der Waals surface area (Å²) in [7, 11) is 1.98. The molecule has 0 unspecified atom stereocenters. The molecule has 1 fully saturated rings. The van der Waals surface area contributed by atoms with Gasteiger partial charge in [0.1, 0.15) is 11.3 Å². The van der Waals surface area contributed by atoms with E-state index in [1.165, 1.54) is 27.8 Å². The smallest absolute Gasteiger partial charge is 0.260 e. The van der Waals surface area contributed by atoms with Crippen molar-refractivity contribution in [3.63, 3.8) is 0 Å². The van der Waals surface area contributed by atoms with Gasteiger partial charge in [0, 0.05) is 31.7 Å². The molecule has 0 bridgehead atoms. The Balaban J connectivity index is 1.67. The van der Waals surface area contributed by atoms with Crippen molar-refractivity contribution in [3.05, 3.63) is 47.5 Å². The average Bonchev–Trinajstić information content (AvgIpc) is 3.51. The Morgan fingerprint density at radius 2 is 1.76 bits per heavy atom. The zero-order chi connectivity index (χ0) is 24.5. The molecule has 0 aliphatic carbocycles. The molecule has 2 heterocycles. The summed E-state index contributed by atoms with van der Waals surface area (Å²) in [6.07, 6.45) is 1.76. The molecule has 0 spiro atoms. The molecule has 1 amide bonds. The lowest BCUT2D eigenvalue weighted by Crippen LogP contribution is -2.36. The number of hydrogen-bond acceptors (Lipinski definition) is 7. The highest BCUT2D eigenvalue weighted by molar-refractivity contribution is 7.89. The number of aryl methyl sites for hydroxylation is 1.